The summed E-state index contributed by atoms with van der Waals surface area (Å²) >= 11 is 0. The van der Waals surface area contributed by atoms with Gasteiger partial charge in [-0.3, -0.25) is 9.69 Å². The van der Waals surface area contributed by atoms with Gasteiger partial charge in [-0.15, -0.1) is 12.4 Å². The number of hydrogen-bond acceptors (Lipinski definition) is 2. The van der Waals surface area contributed by atoms with E-state index in [1.165, 1.54) is 5.56 Å². The maximum Gasteiger partial charge on any atom is 0.149 e. The van der Waals surface area contributed by atoms with E-state index in [9.17, 15) is 4.79 Å². The lowest BCUT2D eigenvalue weighted by Crippen LogP contribution is -2.39. The van der Waals surface area contributed by atoms with E-state index in [-0.39, 0.29) is 18.3 Å². The molecular formula is C13H18ClNO. The number of halogens is 1. The minimum absolute atomic E-state index is 0. The number of Topliss-reactive ketones (excluding diaryl/α,β-unsaturated/α-hetero) is 1. The molecule has 0 saturated carbocycles. The summed E-state index contributed by atoms with van der Waals surface area (Å²) in [6, 6.07) is 10.3. The Balaban J connectivity index is 0.00000128. The molecule has 0 amide bonds. The Morgan fingerprint density at radius 1 is 1.31 bits per heavy atom. The van der Waals surface area contributed by atoms with Gasteiger partial charge in [0.05, 0.1) is 6.54 Å². The van der Waals surface area contributed by atoms with Crippen molar-refractivity contribution in [1.29, 1.82) is 0 Å². The zero-order valence-corrected chi connectivity index (χ0v) is 10.4. The number of benzene rings is 1. The normalized spacial score (nSPS) is 21.6. The van der Waals surface area contributed by atoms with Crippen molar-refractivity contribution >= 4 is 18.2 Å². The van der Waals surface area contributed by atoms with Gasteiger partial charge in [-0.1, -0.05) is 37.3 Å². The van der Waals surface area contributed by atoms with Gasteiger partial charge in [0.15, 0.2) is 0 Å². The molecule has 16 heavy (non-hydrogen) atoms. The smallest absolute Gasteiger partial charge is 0.149 e. The molecule has 1 atom stereocenters. The summed E-state index contributed by atoms with van der Waals surface area (Å²) in [4.78, 5) is 13.8. The number of ketones is 1. The van der Waals surface area contributed by atoms with Gasteiger partial charge in [0.1, 0.15) is 5.78 Å². The van der Waals surface area contributed by atoms with Crippen LogP contribution in [0.15, 0.2) is 30.3 Å². The van der Waals surface area contributed by atoms with E-state index in [4.69, 9.17) is 0 Å². The third-order valence-electron chi connectivity index (χ3n) is 3.06. The molecule has 1 aliphatic heterocycles. The molecular weight excluding hydrogens is 222 g/mol. The molecule has 1 fully saturated rings. The van der Waals surface area contributed by atoms with Crippen molar-refractivity contribution in [2.45, 2.75) is 19.9 Å². The molecule has 1 aromatic carbocycles. The average molecular weight is 240 g/mol. The lowest BCUT2D eigenvalue weighted by Gasteiger charge is -2.29. The number of piperidine rings is 1. The van der Waals surface area contributed by atoms with E-state index in [2.05, 4.69) is 17.0 Å². The Kier molecular flexibility index (Phi) is 4.97. The molecule has 1 heterocycles. The van der Waals surface area contributed by atoms with Crippen LogP contribution < -0.4 is 0 Å². The molecule has 1 aromatic rings. The number of hydrogen-bond donors (Lipinski definition) is 0. The molecule has 88 valence electrons. The van der Waals surface area contributed by atoms with Crippen molar-refractivity contribution in [3.8, 4) is 0 Å². The lowest BCUT2D eigenvalue weighted by atomic mass is 9.97. The zero-order chi connectivity index (χ0) is 10.7. The summed E-state index contributed by atoms with van der Waals surface area (Å²) in [6.07, 6.45) is 1.01. The highest BCUT2D eigenvalue weighted by Gasteiger charge is 2.22. The zero-order valence-electron chi connectivity index (χ0n) is 9.56. The Bertz CT molecular complexity index is 339. The minimum atomic E-state index is 0. The predicted molar refractivity (Wildman–Crippen MR) is 67.8 cm³/mol. The highest BCUT2D eigenvalue weighted by molar-refractivity contribution is 5.85. The first-order valence-corrected chi connectivity index (χ1v) is 5.54. The third-order valence-corrected chi connectivity index (χ3v) is 3.06. The number of carbonyl (C=O) groups excluding carboxylic acids is 1. The summed E-state index contributed by atoms with van der Waals surface area (Å²) in [6.45, 7) is 4.60. The van der Waals surface area contributed by atoms with Gasteiger partial charge in [-0.05, 0) is 18.5 Å². The molecule has 3 heteroatoms. The molecule has 1 saturated heterocycles. The first kappa shape index (κ1) is 13.2. The summed E-state index contributed by atoms with van der Waals surface area (Å²) in [5, 5.41) is 0. The summed E-state index contributed by atoms with van der Waals surface area (Å²) < 4.78 is 0. The van der Waals surface area contributed by atoms with E-state index in [0.29, 0.717) is 12.3 Å². The second kappa shape index (κ2) is 6.02. The van der Waals surface area contributed by atoms with Crippen molar-refractivity contribution in [2.24, 2.45) is 5.92 Å². The van der Waals surface area contributed by atoms with Crippen molar-refractivity contribution in [3.63, 3.8) is 0 Å². The molecule has 0 radical (unpaired) electrons. The van der Waals surface area contributed by atoms with Crippen molar-refractivity contribution in [3.05, 3.63) is 35.9 Å². The van der Waals surface area contributed by atoms with Crippen molar-refractivity contribution < 1.29 is 4.79 Å². The predicted octanol–water partition coefficient (Wildman–Crippen LogP) is 2.52. The SMILES string of the molecule is C[C@H]1CCN(Cc2ccccc2)CC1=O.Cl. The molecule has 0 N–H and O–H groups in total. The maximum atomic E-state index is 11.6. The van der Waals surface area contributed by atoms with Crippen LogP contribution in [0.25, 0.3) is 0 Å². The number of likely N-dealkylation sites (tertiary alicyclic amines) is 1. The fourth-order valence-corrected chi connectivity index (χ4v) is 1.97. The van der Waals surface area contributed by atoms with E-state index < -0.39 is 0 Å². The Hall–Kier alpha value is -0.860. The fraction of sp³-hybridized carbons (Fsp3) is 0.462. The molecule has 0 aromatic heterocycles. The van der Waals surface area contributed by atoms with E-state index in [1.54, 1.807) is 0 Å². The number of rotatable bonds is 2. The van der Waals surface area contributed by atoms with Crippen LogP contribution in [-0.4, -0.2) is 23.8 Å². The van der Waals surface area contributed by atoms with E-state index in [0.717, 1.165) is 19.5 Å². The number of nitrogens with zero attached hydrogens (tertiary/aromatic N) is 1. The van der Waals surface area contributed by atoms with Gasteiger partial charge in [0, 0.05) is 12.5 Å². The summed E-state index contributed by atoms with van der Waals surface area (Å²) in [5.74, 6) is 0.647. The highest BCUT2D eigenvalue weighted by atomic mass is 35.5. The van der Waals surface area contributed by atoms with Gasteiger partial charge < -0.3 is 0 Å². The van der Waals surface area contributed by atoms with Crippen LogP contribution in [-0.2, 0) is 11.3 Å². The Morgan fingerprint density at radius 2 is 2.00 bits per heavy atom. The van der Waals surface area contributed by atoms with Crippen molar-refractivity contribution in [2.75, 3.05) is 13.1 Å². The van der Waals surface area contributed by atoms with Crippen LogP contribution in [0.1, 0.15) is 18.9 Å². The molecule has 1 aliphatic rings. The van der Waals surface area contributed by atoms with Crippen LogP contribution >= 0.6 is 12.4 Å². The molecule has 0 aliphatic carbocycles. The highest BCUT2D eigenvalue weighted by Crippen LogP contribution is 2.15. The van der Waals surface area contributed by atoms with Gasteiger partial charge in [-0.2, -0.15) is 0 Å². The molecule has 0 bridgehead atoms. The quantitative estimate of drug-likeness (QED) is 0.791. The van der Waals surface area contributed by atoms with Crippen LogP contribution in [0, 0.1) is 5.92 Å². The summed E-state index contributed by atoms with van der Waals surface area (Å²) in [5.41, 5.74) is 1.29. The Morgan fingerprint density at radius 3 is 2.62 bits per heavy atom. The first-order chi connectivity index (χ1) is 7.25. The largest absolute Gasteiger partial charge is 0.298 e. The topological polar surface area (TPSA) is 20.3 Å². The molecule has 0 unspecified atom stereocenters. The van der Waals surface area contributed by atoms with Gasteiger partial charge in [0.2, 0.25) is 0 Å². The second-order valence-corrected chi connectivity index (χ2v) is 4.35. The van der Waals surface area contributed by atoms with Gasteiger partial charge in [-0.25, -0.2) is 0 Å². The lowest BCUT2D eigenvalue weighted by molar-refractivity contribution is -0.126. The third kappa shape index (κ3) is 3.32. The standard InChI is InChI=1S/C13H17NO.ClH/c1-11-7-8-14(10-13(11)15)9-12-5-3-2-4-6-12;/h2-6,11H,7-10H2,1H3;1H/t11-;/m0./s1. The average Bonchev–Trinajstić information content (AvgIpc) is 2.25. The van der Waals surface area contributed by atoms with Crippen LogP contribution in [0.3, 0.4) is 0 Å². The fourth-order valence-electron chi connectivity index (χ4n) is 1.97. The van der Waals surface area contributed by atoms with Gasteiger partial charge in [0.25, 0.3) is 0 Å². The molecule has 0 spiro atoms. The summed E-state index contributed by atoms with van der Waals surface area (Å²) in [7, 11) is 0. The Labute approximate surface area is 103 Å². The van der Waals surface area contributed by atoms with Gasteiger partial charge >= 0.3 is 0 Å². The van der Waals surface area contributed by atoms with E-state index >= 15 is 0 Å². The monoisotopic (exact) mass is 239 g/mol. The maximum absolute atomic E-state index is 11.6. The van der Waals surface area contributed by atoms with Crippen LogP contribution in [0.2, 0.25) is 0 Å². The minimum Gasteiger partial charge on any atom is -0.298 e. The van der Waals surface area contributed by atoms with Crippen molar-refractivity contribution in [1.82, 2.24) is 4.90 Å². The van der Waals surface area contributed by atoms with E-state index in [1.807, 2.05) is 25.1 Å². The molecule has 2 rings (SSSR count). The first-order valence-electron chi connectivity index (χ1n) is 5.54. The molecule has 2 nitrogen and oxygen atoms in total. The van der Waals surface area contributed by atoms with Crippen LogP contribution in [0.4, 0.5) is 0 Å². The number of carbonyl (C=O) groups is 1. The second-order valence-electron chi connectivity index (χ2n) is 4.35. The van der Waals surface area contributed by atoms with Crippen LogP contribution in [0.5, 0.6) is 0 Å².